The first-order valence-electron chi connectivity index (χ1n) is 8.91. The van der Waals surface area contributed by atoms with Gasteiger partial charge in [0.1, 0.15) is 5.78 Å². The third-order valence-electron chi connectivity index (χ3n) is 4.87. The van der Waals surface area contributed by atoms with Gasteiger partial charge in [0.15, 0.2) is 0 Å². The fourth-order valence-electron chi connectivity index (χ4n) is 3.31. The Labute approximate surface area is 144 Å². The van der Waals surface area contributed by atoms with Crippen LogP contribution in [0.1, 0.15) is 52.0 Å². The lowest BCUT2D eigenvalue weighted by Crippen LogP contribution is -2.53. The summed E-state index contributed by atoms with van der Waals surface area (Å²) >= 11 is 0. The number of carbonyl (C=O) groups excluding carboxylic acids is 2. The van der Waals surface area contributed by atoms with Crippen LogP contribution in [0, 0.1) is 11.3 Å². The van der Waals surface area contributed by atoms with Crippen molar-refractivity contribution in [2.45, 2.75) is 65.0 Å². The molecule has 1 aliphatic carbocycles. The summed E-state index contributed by atoms with van der Waals surface area (Å²) in [7, 11) is 0. The molecule has 1 saturated carbocycles. The standard InChI is InChI=1S/C20H27NO3/c1-20(2,3)19(23)24-21-16(11-14-7-5-4-6-8-14)12-17(22)13-18(21)15-9-10-15/h4-8,15-16,18H,9-13H2,1-3H3. The van der Waals surface area contributed by atoms with E-state index in [1.807, 2.05) is 44.0 Å². The quantitative estimate of drug-likeness (QED) is 0.847. The van der Waals surface area contributed by atoms with E-state index in [0.717, 1.165) is 19.3 Å². The molecule has 4 heteroatoms. The summed E-state index contributed by atoms with van der Waals surface area (Å²) in [5.41, 5.74) is 0.621. The highest BCUT2D eigenvalue weighted by Gasteiger charge is 2.46. The molecule has 0 amide bonds. The number of Topliss-reactive ketones (excluding diaryl/α,β-unsaturated/α-hetero) is 1. The zero-order valence-corrected chi connectivity index (χ0v) is 14.8. The van der Waals surface area contributed by atoms with Crippen molar-refractivity contribution in [2.24, 2.45) is 11.3 Å². The number of benzene rings is 1. The molecule has 0 aromatic heterocycles. The molecule has 0 bridgehead atoms. The highest BCUT2D eigenvalue weighted by atomic mass is 16.7. The largest absolute Gasteiger partial charge is 0.367 e. The van der Waals surface area contributed by atoms with Gasteiger partial charge in [0.2, 0.25) is 0 Å². The molecule has 0 N–H and O–H groups in total. The Morgan fingerprint density at radius 2 is 1.83 bits per heavy atom. The lowest BCUT2D eigenvalue weighted by molar-refractivity contribution is -0.233. The molecule has 1 aliphatic heterocycles. The second kappa shape index (κ2) is 6.67. The van der Waals surface area contributed by atoms with E-state index in [4.69, 9.17) is 4.84 Å². The summed E-state index contributed by atoms with van der Waals surface area (Å²) in [6, 6.07) is 10.1. The average molecular weight is 329 g/mol. The highest BCUT2D eigenvalue weighted by Crippen LogP contribution is 2.41. The van der Waals surface area contributed by atoms with Gasteiger partial charge in [-0.25, -0.2) is 4.79 Å². The van der Waals surface area contributed by atoms with E-state index < -0.39 is 5.41 Å². The lowest BCUT2D eigenvalue weighted by Gasteiger charge is -2.40. The maximum atomic E-state index is 12.5. The van der Waals surface area contributed by atoms with Crippen LogP contribution in [0.2, 0.25) is 0 Å². The number of rotatable bonds is 4. The van der Waals surface area contributed by atoms with Crippen LogP contribution in [0.25, 0.3) is 0 Å². The second-order valence-electron chi connectivity index (χ2n) is 8.18. The van der Waals surface area contributed by atoms with Crippen LogP contribution in [0.5, 0.6) is 0 Å². The summed E-state index contributed by atoms with van der Waals surface area (Å²) in [6.45, 7) is 5.59. The Kier molecular flexibility index (Phi) is 4.77. The van der Waals surface area contributed by atoms with Gasteiger partial charge in [-0.3, -0.25) is 4.79 Å². The van der Waals surface area contributed by atoms with Gasteiger partial charge >= 0.3 is 5.97 Å². The molecule has 2 fully saturated rings. The molecule has 130 valence electrons. The highest BCUT2D eigenvalue weighted by molar-refractivity contribution is 5.81. The molecular weight excluding hydrogens is 302 g/mol. The van der Waals surface area contributed by atoms with Crippen LogP contribution >= 0.6 is 0 Å². The molecule has 2 aliphatic rings. The number of hydrogen-bond acceptors (Lipinski definition) is 4. The summed E-state index contributed by atoms with van der Waals surface area (Å²) in [5, 5.41) is 1.87. The molecule has 4 nitrogen and oxygen atoms in total. The van der Waals surface area contributed by atoms with Crippen LogP contribution in [0.15, 0.2) is 30.3 Å². The Morgan fingerprint density at radius 3 is 2.42 bits per heavy atom. The van der Waals surface area contributed by atoms with Crippen molar-refractivity contribution in [3.63, 3.8) is 0 Å². The van der Waals surface area contributed by atoms with Gasteiger partial charge in [-0.1, -0.05) is 30.3 Å². The predicted octanol–water partition coefficient (Wildman–Crippen LogP) is 3.55. The summed E-state index contributed by atoms with van der Waals surface area (Å²) in [5.74, 6) is 0.553. The molecule has 0 radical (unpaired) electrons. The predicted molar refractivity (Wildman–Crippen MR) is 92.1 cm³/mol. The van der Waals surface area contributed by atoms with Gasteiger partial charge < -0.3 is 4.84 Å². The second-order valence-corrected chi connectivity index (χ2v) is 8.18. The summed E-state index contributed by atoms with van der Waals surface area (Å²) in [4.78, 5) is 30.6. The first kappa shape index (κ1) is 17.2. The van der Waals surface area contributed by atoms with Crippen LogP contribution in [0.3, 0.4) is 0 Å². The Balaban J connectivity index is 1.81. The number of carbonyl (C=O) groups is 2. The van der Waals surface area contributed by atoms with E-state index in [2.05, 4.69) is 12.1 Å². The van der Waals surface area contributed by atoms with E-state index in [1.54, 1.807) is 0 Å². The van der Waals surface area contributed by atoms with Crippen LogP contribution < -0.4 is 0 Å². The number of piperidine rings is 1. The number of hydrogen-bond donors (Lipinski definition) is 0. The number of nitrogens with zero attached hydrogens (tertiary/aromatic N) is 1. The Bertz CT molecular complexity index is 601. The molecule has 3 rings (SSSR count). The van der Waals surface area contributed by atoms with Crippen molar-refractivity contribution in [3.05, 3.63) is 35.9 Å². The molecule has 0 spiro atoms. The van der Waals surface area contributed by atoms with Gasteiger partial charge in [0.25, 0.3) is 0 Å². The van der Waals surface area contributed by atoms with E-state index in [9.17, 15) is 9.59 Å². The van der Waals surface area contributed by atoms with Crippen molar-refractivity contribution in [1.29, 1.82) is 0 Å². The fraction of sp³-hybridized carbons (Fsp3) is 0.600. The van der Waals surface area contributed by atoms with Crippen LogP contribution in [-0.4, -0.2) is 28.9 Å². The fourth-order valence-corrected chi connectivity index (χ4v) is 3.31. The van der Waals surface area contributed by atoms with Crippen molar-refractivity contribution in [2.75, 3.05) is 0 Å². The maximum absolute atomic E-state index is 12.5. The first-order valence-corrected chi connectivity index (χ1v) is 8.91. The van der Waals surface area contributed by atoms with Crippen LogP contribution in [0.4, 0.5) is 0 Å². The smallest absolute Gasteiger partial charge is 0.330 e. The summed E-state index contributed by atoms with van der Waals surface area (Å²) < 4.78 is 0. The zero-order valence-electron chi connectivity index (χ0n) is 14.8. The third-order valence-corrected chi connectivity index (χ3v) is 4.87. The van der Waals surface area contributed by atoms with Crippen LogP contribution in [-0.2, 0) is 20.8 Å². The zero-order chi connectivity index (χ0) is 17.3. The van der Waals surface area contributed by atoms with Gasteiger partial charge in [-0.2, -0.15) is 0 Å². The lowest BCUT2D eigenvalue weighted by atomic mass is 9.90. The minimum absolute atomic E-state index is 0.0475. The van der Waals surface area contributed by atoms with Crippen molar-refractivity contribution in [3.8, 4) is 0 Å². The van der Waals surface area contributed by atoms with Gasteiger partial charge in [-0.05, 0) is 51.5 Å². The Morgan fingerprint density at radius 1 is 1.17 bits per heavy atom. The van der Waals surface area contributed by atoms with E-state index in [0.29, 0.717) is 18.8 Å². The minimum atomic E-state index is -0.549. The molecule has 2 unspecified atom stereocenters. The third kappa shape index (κ3) is 4.04. The molecule has 2 atom stereocenters. The molecule has 1 heterocycles. The van der Waals surface area contributed by atoms with Gasteiger partial charge in [0.05, 0.1) is 17.5 Å². The molecular formula is C20H27NO3. The molecule has 24 heavy (non-hydrogen) atoms. The normalized spacial score (nSPS) is 25.5. The van der Waals surface area contributed by atoms with Crippen molar-refractivity contribution in [1.82, 2.24) is 5.06 Å². The number of ketones is 1. The van der Waals surface area contributed by atoms with E-state index in [-0.39, 0.29) is 23.8 Å². The van der Waals surface area contributed by atoms with Crippen molar-refractivity contribution < 1.29 is 14.4 Å². The monoisotopic (exact) mass is 329 g/mol. The molecule has 1 saturated heterocycles. The van der Waals surface area contributed by atoms with E-state index in [1.165, 1.54) is 5.56 Å². The van der Waals surface area contributed by atoms with Gasteiger partial charge in [-0.15, -0.1) is 5.06 Å². The SMILES string of the molecule is CC(C)(C)C(=O)ON1C(Cc2ccccc2)CC(=O)CC1C1CC1. The maximum Gasteiger partial charge on any atom is 0.330 e. The Hall–Kier alpha value is -1.68. The van der Waals surface area contributed by atoms with E-state index >= 15 is 0 Å². The van der Waals surface area contributed by atoms with Crippen molar-refractivity contribution >= 4 is 11.8 Å². The minimum Gasteiger partial charge on any atom is -0.367 e. The first-order chi connectivity index (χ1) is 11.3. The average Bonchev–Trinajstić information content (AvgIpc) is 3.34. The molecule has 1 aromatic carbocycles. The number of hydroxylamine groups is 2. The van der Waals surface area contributed by atoms with Gasteiger partial charge in [0, 0.05) is 12.8 Å². The topological polar surface area (TPSA) is 46.6 Å². The summed E-state index contributed by atoms with van der Waals surface area (Å²) in [6.07, 6.45) is 3.94. The molecule has 1 aromatic rings.